The molecule has 0 unspecified atom stereocenters. The highest BCUT2D eigenvalue weighted by molar-refractivity contribution is 5.93. The number of piperazine rings is 1. The van der Waals surface area contributed by atoms with Gasteiger partial charge in [0, 0.05) is 56.5 Å². The predicted octanol–water partition coefficient (Wildman–Crippen LogP) is 2.07. The summed E-state index contributed by atoms with van der Waals surface area (Å²) in [5.74, 6) is 1.32. The van der Waals surface area contributed by atoms with E-state index in [2.05, 4.69) is 14.8 Å². The minimum atomic E-state index is -1.33. The molecule has 0 saturated carbocycles. The summed E-state index contributed by atoms with van der Waals surface area (Å²) in [4.78, 5) is 21.4. The van der Waals surface area contributed by atoms with E-state index in [1.807, 2.05) is 24.3 Å². The maximum atomic E-state index is 12.6. The number of hydrogen-bond acceptors (Lipinski definition) is 10. The molecule has 10 heteroatoms. The van der Waals surface area contributed by atoms with Crippen LogP contribution in [0.25, 0.3) is 11.0 Å². The molecule has 2 fully saturated rings. The van der Waals surface area contributed by atoms with Gasteiger partial charge in [0.1, 0.15) is 35.5 Å². The van der Waals surface area contributed by atoms with Crippen molar-refractivity contribution in [3.8, 4) is 5.75 Å². The van der Waals surface area contributed by atoms with Gasteiger partial charge in [-0.05, 0) is 45.0 Å². The fraction of sp³-hybridized carbons (Fsp3) is 0.481. The number of hydrogen-bond donors (Lipinski definition) is 2. The van der Waals surface area contributed by atoms with E-state index in [4.69, 9.17) is 18.6 Å². The van der Waals surface area contributed by atoms with E-state index in [-0.39, 0.29) is 0 Å². The molecule has 0 bridgehead atoms. The van der Waals surface area contributed by atoms with Gasteiger partial charge < -0.3 is 38.6 Å². The van der Waals surface area contributed by atoms with Crippen molar-refractivity contribution < 1.29 is 28.8 Å². The quantitative estimate of drug-likeness (QED) is 0.493. The van der Waals surface area contributed by atoms with Crippen LogP contribution in [0.2, 0.25) is 0 Å². The molecule has 5 rings (SSSR count). The molecule has 0 amide bonds. The average molecular weight is 512 g/mol. The summed E-state index contributed by atoms with van der Waals surface area (Å²) in [6, 6.07) is 11.0. The molecule has 2 N–H and O–H groups in total. The Bertz CT molecular complexity index is 1300. The van der Waals surface area contributed by atoms with E-state index in [1.165, 1.54) is 13.2 Å². The van der Waals surface area contributed by atoms with Gasteiger partial charge >= 0.3 is 5.63 Å². The number of anilines is 2. The molecule has 2 aromatic heterocycles. The third kappa shape index (κ3) is 4.77. The molecule has 10 nitrogen and oxygen atoms in total. The smallest absolute Gasteiger partial charge is 0.338 e. The van der Waals surface area contributed by atoms with E-state index in [0.29, 0.717) is 16.9 Å². The standard InChI is InChI=1S/C27H33N3O7/c1-16-19(35-26-23(33)22(32)25(34-4)27(2,3)37-26)9-8-17-18(15-21(31)36-24(16)17)29-11-13-30(14-12-29)20-7-5-6-10-28-20/h5-10,15,22-23,25-26,32-33H,11-14H2,1-4H3/t22-,23+,25+,26+/m0/s1. The van der Waals surface area contributed by atoms with Crippen molar-refractivity contribution in [3.05, 3.63) is 58.6 Å². The molecule has 198 valence electrons. The molecule has 4 atom stereocenters. The first-order valence-corrected chi connectivity index (χ1v) is 12.4. The second-order valence-corrected chi connectivity index (χ2v) is 10.0. The van der Waals surface area contributed by atoms with E-state index >= 15 is 0 Å². The lowest BCUT2D eigenvalue weighted by Gasteiger charge is -2.46. The average Bonchev–Trinajstić information content (AvgIpc) is 2.89. The molecule has 37 heavy (non-hydrogen) atoms. The van der Waals surface area contributed by atoms with Gasteiger partial charge in [0.25, 0.3) is 0 Å². The van der Waals surface area contributed by atoms with Crippen LogP contribution in [-0.2, 0) is 9.47 Å². The maximum Gasteiger partial charge on any atom is 0.338 e. The Kier molecular flexibility index (Phi) is 6.84. The summed E-state index contributed by atoms with van der Waals surface area (Å²) >= 11 is 0. The lowest BCUT2D eigenvalue weighted by molar-refractivity contribution is -0.306. The van der Waals surface area contributed by atoms with Crippen LogP contribution in [0.4, 0.5) is 11.5 Å². The maximum absolute atomic E-state index is 12.6. The predicted molar refractivity (Wildman–Crippen MR) is 138 cm³/mol. The third-order valence-corrected chi connectivity index (χ3v) is 7.22. The van der Waals surface area contributed by atoms with Crippen molar-refractivity contribution in [1.29, 1.82) is 0 Å². The topological polar surface area (TPSA) is 118 Å². The second kappa shape index (κ2) is 9.94. The van der Waals surface area contributed by atoms with Gasteiger partial charge in [0.05, 0.1) is 11.3 Å². The Morgan fingerprint density at radius 3 is 2.46 bits per heavy atom. The Hall–Kier alpha value is -3.18. The van der Waals surface area contributed by atoms with E-state index in [1.54, 1.807) is 33.0 Å². The first kappa shape index (κ1) is 25.5. The summed E-state index contributed by atoms with van der Waals surface area (Å²) in [6.07, 6.45) is -2.61. The van der Waals surface area contributed by atoms with Gasteiger partial charge in [-0.1, -0.05) is 6.07 Å². The van der Waals surface area contributed by atoms with E-state index < -0.39 is 35.8 Å². The lowest BCUT2D eigenvalue weighted by Crippen LogP contribution is -2.63. The number of benzene rings is 1. The van der Waals surface area contributed by atoms with Gasteiger partial charge in [-0.25, -0.2) is 9.78 Å². The second-order valence-electron chi connectivity index (χ2n) is 10.0. The molecular formula is C27H33N3O7. The SMILES string of the molecule is CO[C@@H]1[C@@H](O)[C@@H](O)[C@H](Oc2ccc3c(N4CCN(c5ccccn5)CC4)cc(=O)oc3c2C)OC1(C)C. The van der Waals surface area contributed by atoms with E-state index in [9.17, 15) is 15.0 Å². The van der Waals surface area contributed by atoms with Gasteiger partial charge in [0.15, 0.2) is 0 Å². The molecule has 4 heterocycles. The van der Waals surface area contributed by atoms with Gasteiger partial charge in [-0.15, -0.1) is 0 Å². The molecule has 2 aliphatic heterocycles. The number of methoxy groups -OCH3 is 1. The molecule has 2 aliphatic rings. The highest BCUT2D eigenvalue weighted by Crippen LogP contribution is 2.36. The van der Waals surface area contributed by atoms with Gasteiger partial charge in [-0.2, -0.15) is 0 Å². The Labute approximate surface area is 215 Å². The number of aryl methyl sites for hydroxylation is 1. The number of rotatable bonds is 5. The number of fused-ring (bicyclic) bond motifs is 1. The Balaban J connectivity index is 1.40. The minimum Gasteiger partial charge on any atom is -0.462 e. The highest BCUT2D eigenvalue weighted by Gasteiger charge is 2.50. The first-order chi connectivity index (χ1) is 17.7. The zero-order valence-corrected chi connectivity index (χ0v) is 21.5. The fourth-order valence-corrected chi connectivity index (χ4v) is 5.26. The van der Waals surface area contributed by atoms with Gasteiger partial charge in [0.2, 0.25) is 6.29 Å². The van der Waals surface area contributed by atoms with Crippen LogP contribution in [-0.4, -0.2) is 78.7 Å². The van der Waals surface area contributed by atoms with Crippen LogP contribution in [0.15, 0.2) is 51.8 Å². The fourth-order valence-electron chi connectivity index (χ4n) is 5.26. The Morgan fingerprint density at radius 1 is 1.05 bits per heavy atom. The number of nitrogens with zero attached hydrogens (tertiary/aromatic N) is 3. The normalized spacial score (nSPS) is 25.9. The first-order valence-electron chi connectivity index (χ1n) is 12.4. The largest absolute Gasteiger partial charge is 0.462 e. The van der Waals surface area contributed by atoms with Crippen LogP contribution >= 0.6 is 0 Å². The summed E-state index contributed by atoms with van der Waals surface area (Å²) in [6.45, 7) is 8.31. The zero-order chi connectivity index (χ0) is 26.3. The lowest BCUT2D eigenvalue weighted by atomic mass is 9.89. The zero-order valence-electron chi connectivity index (χ0n) is 21.5. The van der Waals surface area contributed by atoms with Crippen molar-refractivity contribution >= 4 is 22.5 Å². The highest BCUT2D eigenvalue weighted by atomic mass is 16.7. The van der Waals surface area contributed by atoms with E-state index in [0.717, 1.165) is 43.1 Å². The molecule has 0 spiro atoms. The number of aliphatic hydroxyl groups is 2. The molecule has 3 aromatic rings. The Morgan fingerprint density at radius 2 is 1.78 bits per heavy atom. The molecule has 1 aromatic carbocycles. The number of pyridine rings is 1. The summed E-state index contributed by atoms with van der Waals surface area (Å²) in [7, 11) is 1.46. The van der Waals surface area contributed by atoms with Crippen LogP contribution < -0.4 is 20.2 Å². The molecule has 0 radical (unpaired) electrons. The summed E-state index contributed by atoms with van der Waals surface area (Å²) in [5, 5.41) is 22.0. The van der Waals surface area contributed by atoms with Crippen molar-refractivity contribution in [2.24, 2.45) is 0 Å². The number of aromatic nitrogens is 1. The van der Waals surface area contributed by atoms with Crippen LogP contribution in [0.5, 0.6) is 5.75 Å². The van der Waals surface area contributed by atoms with Crippen LogP contribution in [0.1, 0.15) is 19.4 Å². The molecular weight excluding hydrogens is 478 g/mol. The third-order valence-electron chi connectivity index (χ3n) is 7.22. The molecule has 2 saturated heterocycles. The minimum absolute atomic E-state index is 0.385. The van der Waals surface area contributed by atoms with Crippen molar-refractivity contribution in [2.75, 3.05) is 43.1 Å². The number of ether oxygens (including phenoxy) is 3. The van der Waals surface area contributed by atoms with Crippen molar-refractivity contribution in [1.82, 2.24) is 4.98 Å². The summed E-state index contributed by atoms with van der Waals surface area (Å²) in [5.41, 5.74) is 0.450. The van der Waals surface area contributed by atoms with Crippen molar-refractivity contribution in [2.45, 2.75) is 51.0 Å². The molecule has 0 aliphatic carbocycles. The van der Waals surface area contributed by atoms with Crippen LogP contribution in [0.3, 0.4) is 0 Å². The van der Waals surface area contributed by atoms with Gasteiger partial charge in [-0.3, -0.25) is 0 Å². The number of aliphatic hydroxyl groups excluding tert-OH is 2. The summed E-state index contributed by atoms with van der Waals surface area (Å²) < 4.78 is 22.9. The van der Waals surface area contributed by atoms with Crippen molar-refractivity contribution in [3.63, 3.8) is 0 Å². The van der Waals surface area contributed by atoms with Crippen LogP contribution in [0, 0.1) is 6.92 Å². The monoisotopic (exact) mass is 511 g/mol.